The highest BCUT2D eigenvalue weighted by Crippen LogP contribution is 2.36. The minimum Gasteiger partial charge on any atom is -0.455 e. The summed E-state index contributed by atoms with van der Waals surface area (Å²) in [4.78, 5) is 4.39. The first-order valence-corrected chi connectivity index (χ1v) is 7.82. The fourth-order valence-electron chi connectivity index (χ4n) is 3.26. The molecule has 114 valence electrons. The predicted octanol–water partition coefficient (Wildman–Crippen LogP) is 6.11. The van der Waals surface area contributed by atoms with Crippen molar-refractivity contribution in [1.82, 2.24) is 4.98 Å². The van der Waals surface area contributed by atoms with Crippen LogP contribution in [-0.2, 0) is 0 Å². The number of fused-ring (bicyclic) bond motifs is 4. The van der Waals surface area contributed by atoms with Gasteiger partial charge in [-0.25, -0.2) is 0 Å². The van der Waals surface area contributed by atoms with Gasteiger partial charge in [0.1, 0.15) is 11.2 Å². The Morgan fingerprint density at radius 1 is 0.875 bits per heavy atom. The van der Waals surface area contributed by atoms with Gasteiger partial charge in [0.05, 0.1) is 5.69 Å². The van der Waals surface area contributed by atoms with E-state index in [4.69, 9.17) is 8.53 Å². The average Bonchev–Trinajstić information content (AvgIpc) is 3.03. The summed E-state index contributed by atoms with van der Waals surface area (Å²) in [5.41, 5.74) is 3.18. The first-order valence-electron chi connectivity index (χ1n) is 9.32. The van der Waals surface area contributed by atoms with Gasteiger partial charge in [0.25, 0.3) is 0 Å². The summed E-state index contributed by atoms with van der Waals surface area (Å²) >= 11 is 0. The van der Waals surface area contributed by atoms with Crippen molar-refractivity contribution in [2.75, 3.05) is 0 Å². The smallest absolute Gasteiger partial charge is 0.144 e. The van der Waals surface area contributed by atoms with Crippen LogP contribution in [0.2, 0.25) is 0 Å². The maximum atomic E-state index is 7.65. The predicted molar refractivity (Wildman–Crippen MR) is 99.2 cm³/mol. The molecule has 0 atom stereocenters. The highest BCUT2D eigenvalue weighted by Gasteiger charge is 2.13. The number of hydrogen-bond donors (Lipinski definition) is 0. The minimum atomic E-state index is -2.17. The van der Waals surface area contributed by atoms with Gasteiger partial charge in [-0.3, -0.25) is 4.98 Å². The molecule has 0 fully saturated rings. The highest BCUT2D eigenvalue weighted by atomic mass is 16.3. The Bertz CT molecular complexity index is 1320. The van der Waals surface area contributed by atoms with Crippen molar-refractivity contribution in [2.45, 2.75) is 6.85 Å². The van der Waals surface area contributed by atoms with E-state index in [0.29, 0.717) is 5.69 Å². The van der Waals surface area contributed by atoms with Gasteiger partial charge < -0.3 is 4.42 Å². The summed E-state index contributed by atoms with van der Waals surface area (Å²) in [6, 6.07) is 21.4. The summed E-state index contributed by atoms with van der Waals surface area (Å²) in [7, 11) is 0. The lowest BCUT2D eigenvalue weighted by Crippen LogP contribution is -1.84. The molecule has 5 rings (SSSR count). The van der Waals surface area contributed by atoms with Crippen LogP contribution in [0, 0.1) is 6.85 Å². The van der Waals surface area contributed by atoms with Crippen molar-refractivity contribution >= 4 is 32.7 Å². The van der Waals surface area contributed by atoms with Gasteiger partial charge in [-0.2, -0.15) is 0 Å². The van der Waals surface area contributed by atoms with Crippen LogP contribution in [-0.4, -0.2) is 4.98 Å². The van der Waals surface area contributed by atoms with Crippen molar-refractivity contribution in [2.24, 2.45) is 0 Å². The van der Waals surface area contributed by atoms with Crippen LogP contribution in [0.3, 0.4) is 0 Å². The SMILES string of the molecule is [2H]C([2H])([2H])c1ccnc(-c2cccc3c2oc2cc4ccccc4cc23)c1. The van der Waals surface area contributed by atoms with Crippen LogP contribution in [0.5, 0.6) is 0 Å². The lowest BCUT2D eigenvalue weighted by atomic mass is 10.0. The third-order valence-corrected chi connectivity index (χ3v) is 4.40. The lowest BCUT2D eigenvalue weighted by Gasteiger charge is -2.02. The number of rotatable bonds is 1. The topological polar surface area (TPSA) is 26.0 Å². The molecule has 5 aromatic rings. The summed E-state index contributed by atoms with van der Waals surface area (Å²) in [5, 5.41) is 4.31. The second kappa shape index (κ2) is 4.93. The molecule has 0 spiro atoms. The number of aromatic nitrogens is 1. The van der Waals surface area contributed by atoms with E-state index in [2.05, 4.69) is 23.2 Å². The minimum absolute atomic E-state index is 0.270. The molecule has 0 aliphatic carbocycles. The van der Waals surface area contributed by atoms with Crippen molar-refractivity contribution in [3.05, 3.63) is 78.5 Å². The molecule has 0 bridgehead atoms. The number of para-hydroxylation sites is 1. The Hall–Kier alpha value is -3.13. The molecule has 0 radical (unpaired) electrons. The molecule has 2 heterocycles. The maximum absolute atomic E-state index is 7.65. The van der Waals surface area contributed by atoms with E-state index in [1.54, 1.807) is 6.07 Å². The Balaban J connectivity index is 1.80. The number of hydrogen-bond acceptors (Lipinski definition) is 2. The Kier molecular flexibility index (Phi) is 2.18. The molecule has 0 aliphatic heterocycles. The van der Waals surface area contributed by atoms with E-state index in [1.165, 1.54) is 12.3 Å². The van der Waals surface area contributed by atoms with Gasteiger partial charge in [-0.15, -0.1) is 0 Å². The van der Waals surface area contributed by atoms with E-state index in [-0.39, 0.29) is 5.56 Å². The molecule has 2 heteroatoms. The molecule has 2 aromatic heterocycles. The van der Waals surface area contributed by atoms with Crippen LogP contribution >= 0.6 is 0 Å². The average molecular weight is 312 g/mol. The van der Waals surface area contributed by atoms with E-state index in [1.807, 2.05) is 36.4 Å². The Labute approximate surface area is 143 Å². The van der Waals surface area contributed by atoms with E-state index < -0.39 is 6.85 Å². The van der Waals surface area contributed by atoms with Crippen LogP contribution in [0.1, 0.15) is 9.68 Å². The van der Waals surface area contributed by atoms with Crippen molar-refractivity contribution in [3.8, 4) is 11.3 Å². The van der Waals surface area contributed by atoms with Gasteiger partial charge >= 0.3 is 0 Å². The number of pyridine rings is 1. The summed E-state index contributed by atoms with van der Waals surface area (Å²) in [5.74, 6) is 0. The van der Waals surface area contributed by atoms with Crippen LogP contribution in [0.4, 0.5) is 0 Å². The van der Waals surface area contributed by atoms with Crippen LogP contribution in [0.15, 0.2) is 77.3 Å². The van der Waals surface area contributed by atoms with Crippen LogP contribution in [0.25, 0.3) is 44.0 Å². The molecule has 0 N–H and O–H groups in total. The van der Waals surface area contributed by atoms with Crippen molar-refractivity contribution in [1.29, 1.82) is 0 Å². The fraction of sp³-hybridized carbons (Fsp3) is 0.0455. The van der Waals surface area contributed by atoms with Crippen LogP contribution < -0.4 is 0 Å². The number of benzene rings is 3. The van der Waals surface area contributed by atoms with Gasteiger partial charge in [0, 0.05) is 26.6 Å². The number of aryl methyl sites for hydroxylation is 1. The summed E-state index contributed by atoms with van der Waals surface area (Å²) in [6.07, 6.45) is 1.53. The second-order valence-electron chi connectivity index (χ2n) is 5.91. The Morgan fingerprint density at radius 3 is 2.62 bits per heavy atom. The third kappa shape index (κ3) is 1.93. The lowest BCUT2D eigenvalue weighted by molar-refractivity contribution is 0.670. The largest absolute Gasteiger partial charge is 0.455 e. The standard InChI is InChI=1S/C22H15NO/c1-14-9-10-23-20(11-14)18-8-4-7-17-19-12-15-5-2-3-6-16(15)13-21(19)24-22(17)18/h2-13H,1H3/i1D3. The van der Waals surface area contributed by atoms with Gasteiger partial charge in [-0.05, 0) is 53.5 Å². The zero-order valence-electron chi connectivity index (χ0n) is 15.8. The van der Waals surface area contributed by atoms with Crippen molar-refractivity contribution in [3.63, 3.8) is 0 Å². The molecule has 24 heavy (non-hydrogen) atoms. The maximum Gasteiger partial charge on any atom is 0.144 e. The quantitative estimate of drug-likeness (QED) is 0.373. The van der Waals surface area contributed by atoms with E-state index >= 15 is 0 Å². The zero-order chi connectivity index (χ0) is 18.6. The molecular weight excluding hydrogens is 294 g/mol. The molecule has 0 saturated heterocycles. The van der Waals surface area contributed by atoms with Gasteiger partial charge in [-0.1, -0.05) is 36.4 Å². The normalized spacial score (nSPS) is 13.9. The van der Waals surface area contributed by atoms with E-state index in [9.17, 15) is 0 Å². The summed E-state index contributed by atoms with van der Waals surface area (Å²) < 4.78 is 29.1. The molecule has 3 aromatic carbocycles. The molecule has 0 saturated carbocycles. The number of furan rings is 1. The highest BCUT2D eigenvalue weighted by molar-refractivity contribution is 6.12. The molecular formula is C22H15NO. The monoisotopic (exact) mass is 312 g/mol. The zero-order valence-corrected chi connectivity index (χ0v) is 12.8. The van der Waals surface area contributed by atoms with Gasteiger partial charge in [0.2, 0.25) is 0 Å². The molecule has 0 amide bonds. The van der Waals surface area contributed by atoms with E-state index in [0.717, 1.165) is 38.3 Å². The number of nitrogens with zero attached hydrogens (tertiary/aromatic N) is 1. The van der Waals surface area contributed by atoms with Crippen molar-refractivity contribution < 1.29 is 8.53 Å². The second-order valence-corrected chi connectivity index (χ2v) is 5.91. The first kappa shape index (κ1) is 10.6. The Morgan fingerprint density at radius 2 is 1.75 bits per heavy atom. The summed E-state index contributed by atoms with van der Waals surface area (Å²) in [6.45, 7) is -2.17. The molecule has 0 aliphatic rings. The van der Waals surface area contributed by atoms with Gasteiger partial charge in [0.15, 0.2) is 0 Å². The first-order chi connectivity index (χ1) is 13.0. The molecule has 0 unspecified atom stereocenters. The fourth-order valence-corrected chi connectivity index (χ4v) is 3.26. The third-order valence-electron chi connectivity index (χ3n) is 4.40. The molecule has 2 nitrogen and oxygen atoms in total.